The average Bonchev–Trinajstić information content (AvgIpc) is 3.06. The Bertz CT molecular complexity index is 1230. The molecule has 0 aliphatic heterocycles. The van der Waals surface area contributed by atoms with Crippen LogP contribution in [0.4, 0.5) is 0 Å². The smallest absolute Gasteiger partial charge is 0.340 e. The zero-order chi connectivity index (χ0) is 24.6. The van der Waals surface area contributed by atoms with Gasteiger partial charge in [0.1, 0.15) is 41.3 Å². The van der Waals surface area contributed by atoms with Gasteiger partial charge in [-0.05, 0) is 38.0 Å². The number of rotatable bonds is 8. The maximum atomic E-state index is 12.7. The Hall–Kier alpha value is -2.76. The number of carbonyl (C=O) groups is 1. The topological polar surface area (TPSA) is 165 Å². The molecule has 0 bridgehead atoms. The number of fused-ring (bicyclic) bond motifs is 2. The van der Waals surface area contributed by atoms with E-state index < -0.39 is 42.6 Å². The van der Waals surface area contributed by atoms with Gasteiger partial charge in [-0.15, -0.1) is 0 Å². The molecule has 2 aromatic heterocycles. The number of aliphatic hydroxyl groups is 5. The molecule has 10 nitrogen and oxygen atoms in total. The summed E-state index contributed by atoms with van der Waals surface area (Å²) in [6.45, 7) is 4.32. The molecule has 0 saturated carbocycles. The zero-order valence-electron chi connectivity index (χ0n) is 18.9. The van der Waals surface area contributed by atoms with E-state index in [0.717, 1.165) is 21.6 Å². The first-order valence-corrected chi connectivity index (χ1v) is 10.5. The Morgan fingerprint density at radius 3 is 2.15 bits per heavy atom. The van der Waals surface area contributed by atoms with E-state index in [0.29, 0.717) is 22.1 Å². The molecule has 10 heteroatoms. The second-order valence-corrected chi connectivity index (χ2v) is 8.37. The van der Waals surface area contributed by atoms with E-state index in [2.05, 4.69) is 0 Å². The van der Waals surface area contributed by atoms with Crippen molar-refractivity contribution in [3.8, 4) is 0 Å². The van der Waals surface area contributed by atoms with Crippen LogP contribution in [-0.4, -0.2) is 81.0 Å². The normalized spacial score (nSPS) is 15.5. The zero-order valence-corrected chi connectivity index (χ0v) is 18.9. The summed E-state index contributed by atoms with van der Waals surface area (Å²) in [5.41, 5.74) is 2.01. The SMILES string of the molecule is Cc1oc2cc3oc(=O)c(CC(=O)N(C)CC(O)C(O)C(O)C(O)CO)c(C)c3cc2c1C. The van der Waals surface area contributed by atoms with Gasteiger partial charge in [0.2, 0.25) is 5.91 Å². The number of hydrogen-bond acceptors (Lipinski definition) is 9. The Kier molecular flexibility index (Phi) is 7.25. The molecular formula is C23H29NO9. The molecule has 3 aromatic rings. The Balaban J connectivity index is 1.83. The van der Waals surface area contributed by atoms with Crippen LogP contribution in [-0.2, 0) is 11.2 Å². The summed E-state index contributed by atoms with van der Waals surface area (Å²) in [7, 11) is 1.37. The van der Waals surface area contributed by atoms with Gasteiger partial charge in [-0.25, -0.2) is 4.79 Å². The summed E-state index contributed by atoms with van der Waals surface area (Å²) in [5, 5.41) is 49.6. The van der Waals surface area contributed by atoms with Crippen LogP contribution >= 0.6 is 0 Å². The van der Waals surface area contributed by atoms with Crippen LogP contribution in [0.5, 0.6) is 0 Å². The van der Waals surface area contributed by atoms with Crippen molar-refractivity contribution in [1.29, 1.82) is 0 Å². The van der Waals surface area contributed by atoms with Gasteiger partial charge in [0.05, 0.1) is 18.6 Å². The van der Waals surface area contributed by atoms with Crippen molar-refractivity contribution >= 4 is 27.8 Å². The highest BCUT2D eigenvalue weighted by Crippen LogP contribution is 2.31. The summed E-state index contributed by atoms with van der Waals surface area (Å²) in [5.74, 6) is 0.235. The second-order valence-electron chi connectivity index (χ2n) is 8.37. The molecule has 4 unspecified atom stereocenters. The van der Waals surface area contributed by atoms with E-state index in [1.54, 1.807) is 13.0 Å². The summed E-state index contributed by atoms with van der Waals surface area (Å²) in [6.07, 6.45) is -7.12. The predicted molar refractivity (Wildman–Crippen MR) is 119 cm³/mol. The van der Waals surface area contributed by atoms with Gasteiger partial charge in [0, 0.05) is 30.4 Å². The van der Waals surface area contributed by atoms with Crippen molar-refractivity contribution < 1.29 is 39.2 Å². The molecule has 2 heterocycles. The molecule has 0 fully saturated rings. The molecule has 3 rings (SSSR count). The van der Waals surface area contributed by atoms with Crippen molar-refractivity contribution in [2.24, 2.45) is 0 Å². The molecule has 0 radical (unpaired) electrons. The van der Waals surface area contributed by atoms with Crippen molar-refractivity contribution in [3.05, 3.63) is 45.0 Å². The highest BCUT2D eigenvalue weighted by molar-refractivity contribution is 5.97. The van der Waals surface area contributed by atoms with Crippen LogP contribution in [0.25, 0.3) is 21.9 Å². The third kappa shape index (κ3) is 4.80. The van der Waals surface area contributed by atoms with E-state index in [1.165, 1.54) is 7.05 Å². The van der Waals surface area contributed by atoms with E-state index in [4.69, 9.17) is 13.9 Å². The highest BCUT2D eigenvalue weighted by Gasteiger charge is 2.31. The van der Waals surface area contributed by atoms with Crippen molar-refractivity contribution in [2.45, 2.75) is 51.6 Å². The molecule has 5 N–H and O–H groups in total. The third-order valence-electron chi connectivity index (χ3n) is 6.12. The van der Waals surface area contributed by atoms with Crippen LogP contribution < -0.4 is 5.63 Å². The first kappa shape index (κ1) is 24.9. The number of hydrogen-bond donors (Lipinski definition) is 5. The monoisotopic (exact) mass is 463 g/mol. The number of carbonyl (C=O) groups excluding carboxylic acids is 1. The quantitative estimate of drug-likeness (QED) is 0.287. The Morgan fingerprint density at radius 2 is 1.52 bits per heavy atom. The largest absolute Gasteiger partial charge is 0.461 e. The van der Waals surface area contributed by atoms with Crippen LogP contribution in [0.2, 0.25) is 0 Å². The molecule has 4 atom stereocenters. The van der Waals surface area contributed by atoms with Gasteiger partial charge >= 0.3 is 5.63 Å². The average molecular weight is 463 g/mol. The van der Waals surface area contributed by atoms with E-state index >= 15 is 0 Å². The Morgan fingerprint density at radius 1 is 0.939 bits per heavy atom. The van der Waals surface area contributed by atoms with Crippen molar-refractivity contribution in [3.63, 3.8) is 0 Å². The van der Waals surface area contributed by atoms with Crippen LogP contribution in [0.1, 0.15) is 22.5 Å². The molecule has 0 aliphatic rings. The lowest BCUT2D eigenvalue weighted by atomic mass is 10.0. The van der Waals surface area contributed by atoms with Gasteiger partial charge in [0.25, 0.3) is 0 Å². The number of nitrogens with zero attached hydrogens (tertiary/aromatic N) is 1. The standard InChI is InChI=1S/C23H29NO9/c1-10-12(3)32-18-7-19-14(5-13(10)18)11(2)15(23(31)33-19)6-20(28)24(4)8-16(26)21(29)22(30)17(27)9-25/h5,7,16-17,21-22,25-27,29-30H,6,8-9H2,1-4H3. The summed E-state index contributed by atoms with van der Waals surface area (Å²) >= 11 is 0. The minimum absolute atomic E-state index is 0.169. The summed E-state index contributed by atoms with van der Waals surface area (Å²) in [6, 6.07) is 3.51. The number of aliphatic hydroxyl groups excluding tert-OH is 5. The van der Waals surface area contributed by atoms with Crippen LogP contribution in [0.3, 0.4) is 0 Å². The molecule has 0 aliphatic carbocycles. The number of aryl methyl sites for hydroxylation is 3. The molecule has 180 valence electrons. The molecule has 0 saturated heterocycles. The number of furan rings is 1. The minimum Gasteiger partial charge on any atom is -0.461 e. The molecular weight excluding hydrogens is 434 g/mol. The fourth-order valence-electron chi connectivity index (χ4n) is 3.77. The summed E-state index contributed by atoms with van der Waals surface area (Å²) < 4.78 is 11.1. The predicted octanol–water partition coefficient (Wildman–Crippen LogP) is -0.0987. The van der Waals surface area contributed by atoms with Gasteiger partial charge in [0.15, 0.2) is 0 Å². The van der Waals surface area contributed by atoms with E-state index in [9.17, 15) is 30.0 Å². The van der Waals surface area contributed by atoms with Crippen molar-refractivity contribution in [2.75, 3.05) is 20.2 Å². The lowest BCUT2D eigenvalue weighted by molar-refractivity contribution is -0.137. The van der Waals surface area contributed by atoms with Gasteiger partial charge < -0.3 is 39.3 Å². The molecule has 0 spiro atoms. The van der Waals surface area contributed by atoms with E-state index in [-0.39, 0.29) is 18.5 Å². The molecule has 1 amide bonds. The van der Waals surface area contributed by atoms with Crippen molar-refractivity contribution in [1.82, 2.24) is 4.90 Å². The van der Waals surface area contributed by atoms with Crippen LogP contribution in [0.15, 0.2) is 25.8 Å². The maximum absolute atomic E-state index is 12.7. The van der Waals surface area contributed by atoms with E-state index in [1.807, 2.05) is 19.9 Å². The molecule has 33 heavy (non-hydrogen) atoms. The lowest BCUT2D eigenvalue weighted by Gasteiger charge is -2.28. The number of benzene rings is 1. The fraction of sp³-hybridized carbons (Fsp3) is 0.478. The molecule has 1 aromatic carbocycles. The first-order valence-electron chi connectivity index (χ1n) is 10.5. The Labute approximate surface area is 189 Å². The first-order chi connectivity index (χ1) is 15.5. The van der Waals surface area contributed by atoms with Crippen LogP contribution in [0, 0.1) is 20.8 Å². The second kappa shape index (κ2) is 9.62. The highest BCUT2D eigenvalue weighted by atomic mass is 16.4. The van der Waals surface area contributed by atoms with Gasteiger partial charge in [-0.2, -0.15) is 0 Å². The maximum Gasteiger partial charge on any atom is 0.340 e. The number of amides is 1. The van der Waals surface area contributed by atoms with Gasteiger partial charge in [-0.1, -0.05) is 0 Å². The third-order valence-corrected chi connectivity index (χ3v) is 6.12. The van der Waals surface area contributed by atoms with Gasteiger partial charge in [-0.3, -0.25) is 4.79 Å². The summed E-state index contributed by atoms with van der Waals surface area (Å²) in [4.78, 5) is 26.4. The number of likely N-dealkylation sites (N-methyl/N-ethyl adjacent to an activating group) is 1. The lowest BCUT2D eigenvalue weighted by Crippen LogP contribution is -2.50. The minimum atomic E-state index is -1.80. The fourth-order valence-corrected chi connectivity index (χ4v) is 3.77.